The molecule has 140 valence electrons. The number of fused-ring (bicyclic) bond motifs is 1. The van der Waals surface area contributed by atoms with Crippen LogP contribution in [0.2, 0.25) is 5.02 Å². The number of benzene rings is 1. The van der Waals surface area contributed by atoms with Crippen molar-refractivity contribution in [2.75, 3.05) is 5.32 Å². The average molecular weight is 394 g/mol. The van der Waals surface area contributed by atoms with E-state index in [0.29, 0.717) is 27.6 Å². The van der Waals surface area contributed by atoms with E-state index >= 15 is 0 Å². The van der Waals surface area contributed by atoms with Gasteiger partial charge in [0.15, 0.2) is 5.65 Å². The summed E-state index contributed by atoms with van der Waals surface area (Å²) < 4.78 is 14.6. The number of aryl methyl sites for hydroxylation is 1. The van der Waals surface area contributed by atoms with Gasteiger partial charge >= 0.3 is 0 Å². The molecule has 3 aromatic heterocycles. The molecule has 4 aromatic rings. The minimum absolute atomic E-state index is 0.301. The van der Waals surface area contributed by atoms with E-state index in [1.165, 1.54) is 12.4 Å². The van der Waals surface area contributed by atoms with Gasteiger partial charge in [-0.2, -0.15) is 0 Å². The predicted molar refractivity (Wildman–Crippen MR) is 109 cm³/mol. The van der Waals surface area contributed by atoms with E-state index < -0.39 is 0 Å². The zero-order valence-corrected chi connectivity index (χ0v) is 16.1. The number of anilines is 1. The largest absolute Gasteiger partial charge is 0.377 e. The van der Waals surface area contributed by atoms with Crippen molar-refractivity contribution in [1.29, 1.82) is 0 Å². The Kier molecular flexibility index (Phi) is 4.88. The van der Waals surface area contributed by atoms with Crippen LogP contribution in [0.4, 0.5) is 10.1 Å². The van der Waals surface area contributed by atoms with Crippen molar-refractivity contribution < 1.29 is 4.39 Å². The third-order valence-corrected chi connectivity index (χ3v) is 5.05. The van der Waals surface area contributed by atoms with E-state index in [2.05, 4.69) is 25.3 Å². The van der Waals surface area contributed by atoms with Crippen molar-refractivity contribution in [3.8, 4) is 11.1 Å². The van der Waals surface area contributed by atoms with E-state index in [1.807, 2.05) is 26.0 Å². The molecule has 0 radical (unpaired) electrons. The van der Waals surface area contributed by atoms with Gasteiger partial charge in [0.05, 0.1) is 22.4 Å². The Bertz CT molecular complexity index is 1150. The number of nitrogens with zero attached hydrogens (tertiary/aromatic N) is 4. The molecular formula is C21H17ClFN5. The van der Waals surface area contributed by atoms with Crippen LogP contribution in [-0.4, -0.2) is 19.9 Å². The first-order chi connectivity index (χ1) is 13.5. The molecule has 28 heavy (non-hydrogen) atoms. The van der Waals surface area contributed by atoms with E-state index in [4.69, 9.17) is 11.6 Å². The molecule has 0 saturated carbocycles. The van der Waals surface area contributed by atoms with Crippen molar-refractivity contribution in [2.24, 2.45) is 0 Å². The lowest BCUT2D eigenvalue weighted by molar-refractivity contribution is 0.600. The maximum Gasteiger partial charge on any atom is 0.161 e. The summed E-state index contributed by atoms with van der Waals surface area (Å²) in [4.78, 5) is 16.8. The second-order valence-electron chi connectivity index (χ2n) is 6.49. The Morgan fingerprint density at radius 2 is 1.89 bits per heavy atom. The van der Waals surface area contributed by atoms with E-state index in [1.54, 1.807) is 30.7 Å². The van der Waals surface area contributed by atoms with E-state index in [-0.39, 0.29) is 11.9 Å². The minimum Gasteiger partial charge on any atom is -0.377 e. The molecule has 0 saturated heterocycles. The monoisotopic (exact) mass is 393 g/mol. The Morgan fingerprint density at radius 1 is 1.11 bits per heavy atom. The highest BCUT2D eigenvalue weighted by atomic mass is 35.5. The van der Waals surface area contributed by atoms with Gasteiger partial charge in [-0.1, -0.05) is 17.7 Å². The van der Waals surface area contributed by atoms with E-state index in [9.17, 15) is 4.39 Å². The van der Waals surface area contributed by atoms with Crippen molar-refractivity contribution in [2.45, 2.75) is 19.9 Å². The molecule has 5 nitrogen and oxygen atoms in total. The van der Waals surface area contributed by atoms with Gasteiger partial charge in [-0.15, -0.1) is 0 Å². The highest BCUT2D eigenvalue weighted by Gasteiger charge is 2.17. The fourth-order valence-electron chi connectivity index (χ4n) is 3.13. The first-order valence-corrected chi connectivity index (χ1v) is 9.14. The number of hydrogen-bond donors (Lipinski definition) is 1. The average Bonchev–Trinajstić information content (AvgIpc) is 2.72. The summed E-state index contributed by atoms with van der Waals surface area (Å²) >= 11 is 6.51. The molecule has 1 atom stereocenters. The van der Waals surface area contributed by atoms with Gasteiger partial charge in [-0.3, -0.25) is 0 Å². The number of pyridine rings is 2. The van der Waals surface area contributed by atoms with Crippen LogP contribution in [0.5, 0.6) is 0 Å². The number of halogens is 2. The standard InChI is InChI=1S/C21H17ClFN5/c1-12(17-8-14(5-6-18(17)23)15-9-24-11-25-10-15)27-20-16-4-3-7-26-21(16)28-13(2)19(20)22/h3-12H,1-2H3,(H,26,27,28). The molecule has 0 aliphatic carbocycles. The summed E-state index contributed by atoms with van der Waals surface area (Å²) in [7, 11) is 0. The van der Waals surface area contributed by atoms with Crippen LogP contribution in [0.25, 0.3) is 22.2 Å². The van der Waals surface area contributed by atoms with Crippen molar-refractivity contribution in [3.05, 3.63) is 77.3 Å². The van der Waals surface area contributed by atoms with Gasteiger partial charge in [0.1, 0.15) is 12.1 Å². The Labute approximate surface area is 166 Å². The van der Waals surface area contributed by atoms with Crippen LogP contribution in [-0.2, 0) is 0 Å². The molecule has 0 bridgehead atoms. The lowest BCUT2D eigenvalue weighted by Crippen LogP contribution is -2.10. The minimum atomic E-state index is -0.340. The second kappa shape index (κ2) is 7.48. The van der Waals surface area contributed by atoms with Crippen LogP contribution >= 0.6 is 11.6 Å². The maximum absolute atomic E-state index is 14.6. The second-order valence-corrected chi connectivity index (χ2v) is 6.87. The van der Waals surface area contributed by atoms with Crippen LogP contribution in [0, 0.1) is 12.7 Å². The fraction of sp³-hybridized carbons (Fsp3) is 0.143. The first-order valence-electron chi connectivity index (χ1n) is 8.77. The SMILES string of the molecule is Cc1nc2ncccc2c(NC(C)c2cc(-c3cncnc3)ccc2F)c1Cl. The molecule has 0 fully saturated rings. The van der Waals surface area contributed by atoms with Gasteiger partial charge < -0.3 is 5.32 Å². The normalized spacial score (nSPS) is 12.1. The lowest BCUT2D eigenvalue weighted by Gasteiger charge is -2.20. The van der Waals surface area contributed by atoms with Gasteiger partial charge in [-0.25, -0.2) is 24.3 Å². The molecule has 4 rings (SSSR count). The molecule has 1 N–H and O–H groups in total. The number of nitrogens with one attached hydrogen (secondary N) is 1. The molecule has 1 aromatic carbocycles. The number of aromatic nitrogens is 4. The van der Waals surface area contributed by atoms with E-state index in [0.717, 1.165) is 16.5 Å². The summed E-state index contributed by atoms with van der Waals surface area (Å²) in [5.74, 6) is -0.301. The maximum atomic E-state index is 14.6. The smallest absolute Gasteiger partial charge is 0.161 e. The van der Waals surface area contributed by atoms with Crippen molar-refractivity contribution in [1.82, 2.24) is 19.9 Å². The topological polar surface area (TPSA) is 63.6 Å². The molecule has 0 spiro atoms. The summed E-state index contributed by atoms with van der Waals surface area (Å²) in [6, 6.07) is 8.34. The lowest BCUT2D eigenvalue weighted by atomic mass is 10.0. The van der Waals surface area contributed by atoms with Crippen LogP contribution < -0.4 is 5.32 Å². The predicted octanol–water partition coefficient (Wildman–Crippen LogP) is 5.36. The highest BCUT2D eigenvalue weighted by Crippen LogP contribution is 2.35. The van der Waals surface area contributed by atoms with Gasteiger partial charge in [0.25, 0.3) is 0 Å². The van der Waals surface area contributed by atoms with Gasteiger partial charge in [-0.05, 0) is 43.7 Å². The zero-order valence-electron chi connectivity index (χ0n) is 15.3. The summed E-state index contributed by atoms with van der Waals surface area (Å²) in [6.07, 6.45) is 6.54. The highest BCUT2D eigenvalue weighted by molar-refractivity contribution is 6.35. The molecule has 7 heteroatoms. The quantitative estimate of drug-likeness (QED) is 0.505. The molecule has 0 aliphatic rings. The number of hydrogen-bond acceptors (Lipinski definition) is 5. The third-order valence-electron chi connectivity index (χ3n) is 4.58. The van der Waals surface area contributed by atoms with Crippen LogP contribution in [0.1, 0.15) is 24.2 Å². The fourth-order valence-corrected chi connectivity index (χ4v) is 3.33. The Morgan fingerprint density at radius 3 is 2.68 bits per heavy atom. The summed E-state index contributed by atoms with van der Waals surface area (Å²) in [6.45, 7) is 3.71. The Hall–Kier alpha value is -3.12. The van der Waals surface area contributed by atoms with Crippen molar-refractivity contribution >= 4 is 28.3 Å². The van der Waals surface area contributed by atoms with Gasteiger partial charge in [0, 0.05) is 35.1 Å². The Balaban J connectivity index is 1.75. The molecule has 0 amide bonds. The van der Waals surface area contributed by atoms with Crippen LogP contribution in [0.15, 0.2) is 55.2 Å². The molecule has 0 aliphatic heterocycles. The molecule has 1 unspecified atom stereocenters. The molecular weight excluding hydrogens is 377 g/mol. The summed E-state index contributed by atoms with van der Waals surface area (Å²) in [5.41, 5.74) is 4.13. The third kappa shape index (κ3) is 3.39. The number of rotatable bonds is 4. The zero-order chi connectivity index (χ0) is 19.7. The van der Waals surface area contributed by atoms with Crippen molar-refractivity contribution in [3.63, 3.8) is 0 Å². The van der Waals surface area contributed by atoms with Crippen LogP contribution in [0.3, 0.4) is 0 Å². The summed E-state index contributed by atoms with van der Waals surface area (Å²) in [5, 5.41) is 4.64. The first kappa shape index (κ1) is 18.3. The molecule has 3 heterocycles. The van der Waals surface area contributed by atoms with Gasteiger partial charge in [0.2, 0.25) is 0 Å².